The number of carbonyl (C=O) groups excluding carboxylic acids is 2. The number of imidazole rings is 2. The minimum atomic E-state index is -1.32. The Kier molecular flexibility index (Phi) is 19.1. The van der Waals surface area contributed by atoms with Crippen molar-refractivity contribution >= 4 is 68.0 Å². The van der Waals surface area contributed by atoms with Crippen LogP contribution < -0.4 is 69.3 Å². The van der Waals surface area contributed by atoms with Crippen LogP contribution in [0.5, 0.6) is 0 Å². The number of rotatable bonds is 12. The Morgan fingerprint density at radius 1 is 0.477 bits per heavy atom. The van der Waals surface area contributed by atoms with Crippen LogP contribution in [0.25, 0.3) is 55.5 Å². The van der Waals surface area contributed by atoms with E-state index in [0.29, 0.717) is 58.0 Å². The van der Waals surface area contributed by atoms with Gasteiger partial charge >= 0.3 is 71.1 Å². The number of carboxylic acid groups (broad SMARTS) is 4. The summed E-state index contributed by atoms with van der Waals surface area (Å²) in [5, 5.41) is 53.4. The Hall–Kier alpha value is -9.50. The van der Waals surface area contributed by atoms with Gasteiger partial charge in [0.25, 0.3) is 0 Å². The molecule has 20 heteroatoms. The van der Waals surface area contributed by atoms with Crippen molar-refractivity contribution in [1.29, 1.82) is 0 Å². The Bertz CT molecular complexity index is 4580. The first-order chi connectivity index (χ1) is 41.5. The zero-order valence-corrected chi connectivity index (χ0v) is 53.5. The van der Waals surface area contributed by atoms with Crippen LogP contribution in [0.1, 0.15) is 123 Å². The topological polar surface area (TPSA) is 252 Å². The number of carboxylic acids is 4. The van der Waals surface area contributed by atoms with Crippen LogP contribution in [0.4, 0.5) is 0 Å². The molecule has 0 aliphatic heterocycles. The van der Waals surface area contributed by atoms with Crippen molar-refractivity contribution in [2.24, 2.45) is 0 Å². The third-order valence-electron chi connectivity index (χ3n) is 14.6. The molecule has 0 saturated carbocycles. The molecule has 0 fully saturated rings. The number of aromatic nitrogens is 10. The summed E-state index contributed by atoms with van der Waals surface area (Å²) in [5.74, 6) is 9.71. The van der Waals surface area contributed by atoms with E-state index in [1.54, 1.807) is 60.7 Å². The van der Waals surface area contributed by atoms with E-state index in [1.807, 2.05) is 76.2 Å². The second-order valence-electron chi connectivity index (χ2n) is 20.5. The molecule has 6 heterocycles. The number of aryl methyl sites for hydroxylation is 6. The van der Waals surface area contributed by atoms with Gasteiger partial charge in [-0.1, -0.05) is 74.2 Å². The van der Waals surface area contributed by atoms with E-state index in [0.717, 1.165) is 91.2 Å². The molecular weight excluding hydrogens is 1130 g/mol. The summed E-state index contributed by atoms with van der Waals surface area (Å²) in [6, 6.07) is 41.3. The van der Waals surface area contributed by atoms with Gasteiger partial charge in [0.15, 0.2) is 11.3 Å². The van der Waals surface area contributed by atoms with Crippen molar-refractivity contribution in [2.75, 3.05) is 0 Å². The standard InChI is InChI=1S/2C34H27N5O4.2Na/c2*1-4-30-36-31-20(2)17-21(3)35-32(31)38(30)19-23-11-15-27-26(18-23)29(16-12-22-9-13-24(14-10-22)33(40)41)39(37-27)28-8-6-5-7-25(28)34(42)43;;/h2*5-11,13-15,17-18H,4,19H2,1-3H3,(H,40,41)(H,42,43);;/q;;2*+1/p-2. The molecule has 6 aromatic heterocycles. The first-order valence-corrected chi connectivity index (χ1v) is 27.5. The number of carbonyl (C=O) groups is 4. The smallest absolute Gasteiger partial charge is 0.545 e. The molecule has 0 amide bonds. The number of aromatic carboxylic acids is 4. The number of pyridine rings is 2. The third-order valence-corrected chi connectivity index (χ3v) is 14.6. The Morgan fingerprint density at radius 3 is 1.20 bits per heavy atom. The van der Waals surface area contributed by atoms with E-state index in [9.17, 15) is 39.6 Å². The largest absolute Gasteiger partial charge is 1.00 e. The molecule has 0 radical (unpaired) electrons. The second kappa shape index (κ2) is 26.6. The molecule has 0 unspecified atom stereocenters. The molecule has 0 aliphatic rings. The number of hydrogen-bond acceptors (Lipinski definition) is 12. The zero-order valence-electron chi connectivity index (χ0n) is 49.5. The quantitative estimate of drug-likeness (QED) is 0.132. The fourth-order valence-corrected chi connectivity index (χ4v) is 10.5. The van der Waals surface area contributed by atoms with E-state index in [-0.39, 0.29) is 81.4 Å². The molecule has 12 aromatic rings. The first-order valence-electron chi connectivity index (χ1n) is 27.5. The van der Waals surface area contributed by atoms with Crippen molar-refractivity contribution in [3.05, 3.63) is 236 Å². The van der Waals surface area contributed by atoms with Crippen molar-refractivity contribution in [1.82, 2.24) is 48.6 Å². The maximum Gasteiger partial charge on any atom is 1.00 e. The summed E-state index contributed by atoms with van der Waals surface area (Å²) in [6.07, 6.45) is 1.48. The Balaban J connectivity index is 0.000000205. The van der Waals surface area contributed by atoms with E-state index in [4.69, 9.17) is 30.1 Å². The number of fused-ring (bicyclic) bond motifs is 4. The number of benzene rings is 6. The van der Waals surface area contributed by atoms with Gasteiger partial charge in [0.2, 0.25) is 0 Å². The van der Waals surface area contributed by atoms with Gasteiger partial charge in [-0.3, -0.25) is 0 Å². The first kappa shape index (κ1) is 63.0. The van der Waals surface area contributed by atoms with Crippen LogP contribution in [0.3, 0.4) is 0 Å². The Labute approximate surface area is 549 Å². The van der Waals surface area contributed by atoms with Crippen molar-refractivity contribution < 1.29 is 98.7 Å². The molecule has 12 rings (SSSR count). The molecule has 0 aliphatic carbocycles. The van der Waals surface area contributed by atoms with Crippen LogP contribution in [0.2, 0.25) is 0 Å². The summed E-state index contributed by atoms with van der Waals surface area (Å²) in [5.41, 5.74) is 13.8. The maximum atomic E-state index is 12.0. The third kappa shape index (κ3) is 12.8. The molecule has 0 atom stereocenters. The van der Waals surface area contributed by atoms with E-state index < -0.39 is 23.9 Å². The molecule has 0 bridgehead atoms. The van der Waals surface area contributed by atoms with Crippen LogP contribution in [0.15, 0.2) is 146 Å². The van der Waals surface area contributed by atoms with Crippen molar-refractivity contribution in [3.8, 4) is 35.1 Å². The maximum absolute atomic E-state index is 12.0. The van der Waals surface area contributed by atoms with Crippen molar-refractivity contribution in [3.63, 3.8) is 0 Å². The van der Waals surface area contributed by atoms with Gasteiger partial charge in [-0.25, -0.2) is 38.9 Å². The normalized spacial score (nSPS) is 10.8. The SMILES string of the molecule is CCc1nc2c(C)cc(C)nc2n1Cc1ccc2nn(-c3ccccc3C(=O)[O-])c(C#Cc3ccc(C(=O)O)cc3)c2c1.CCc1nc2c(C)cc(C)nc2n1Cc1ccc2nn(-c3ccccc3C(=O)[O-])c(C#Cc3ccc(C(=O)O)cc3)c2c1.[Na+].[Na+]. The molecule has 2 N–H and O–H groups in total. The molecule has 6 aromatic carbocycles. The van der Waals surface area contributed by atoms with Gasteiger partial charge in [0.05, 0.1) is 58.6 Å². The number of nitrogens with zero attached hydrogens (tertiary/aromatic N) is 10. The molecule has 0 spiro atoms. The van der Waals surface area contributed by atoms with Crippen molar-refractivity contribution in [2.45, 2.75) is 67.5 Å². The number of hydrogen-bond donors (Lipinski definition) is 2. The van der Waals surface area contributed by atoms with Gasteiger partial charge in [-0.05, 0) is 159 Å². The summed E-state index contributed by atoms with van der Waals surface area (Å²) >= 11 is 0. The minimum Gasteiger partial charge on any atom is -0.545 e. The predicted molar refractivity (Wildman–Crippen MR) is 321 cm³/mol. The van der Waals surface area contributed by atoms with Gasteiger partial charge in [-0.2, -0.15) is 10.2 Å². The fourth-order valence-electron chi connectivity index (χ4n) is 10.5. The average molecular weight is 1180 g/mol. The average Bonchev–Trinajstić information content (AvgIpc) is 3.06. The van der Waals surface area contributed by atoms with Gasteiger partial charge in [-0.15, -0.1) is 0 Å². The van der Waals surface area contributed by atoms with Crippen LogP contribution >= 0.6 is 0 Å². The summed E-state index contributed by atoms with van der Waals surface area (Å²) in [6.45, 7) is 13.2. The van der Waals surface area contributed by atoms with E-state index in [1.165, 1.54) is 45.8 Å². The second-order valence-corrected chi connectivity index (χ2v) is 20.5. The Morgan fingerprint density at radius 2 is 0.852 bits per heavy atom. The summed E-state index contributed by atoms with van der Waals surface area (Å²) in [4.78, 5) is 65.8. The van der Waals surface area contributed by atoms with E-state index >= 15 is 0 Å². The minimum absolute atomic E-state index is 0. The zero-order chi connectivity index (χ0) is 60.5. The van der Waals surface area contributed by atoms with Crippen LogP contribution in [-0.4, -0.2) is 82.7 Å². The van der Waals surface area contributed by atoms with Gasteiger partial charge in [0.1, 0.15) is 34.1 Å². The summed E-state index contributed by atoms with van der Waals surface area (Å²) < 4.78 is 7.30. The molecule has 0 saturated heterocycles. The van der Waals surface area contributed by atoms with Gasteiger partial charge < -0.3 is 39.1 Å². The molecule has 88 heavy (non-hydrogen) atoms. The predicted octanol–water partition coefficient (Wildman–Crippen LogP) is 2.93. The molecular formula is C68H52N10Na2O8. The molecule has 424 valence electrons. The van der Waals surface area contributed by atoms with E-state index in [2.05, 4.69) is 46.7 Å². The number of para-hydroxylation sites is 2. The monoisotopic (exact) mass is 1180 g/mol. The van der Waals surface area contributed by atoms with Crippen LogP contribution in [0, 0.1) is 51.4 Å². The fraction of sp³-hybridized carbons (Fsp3) is 0.147. The van der Waals surface area contributed by atoms with Gasteiger partial charge in [0, 0.05) is 57.3 Å². The summed E-state index contributed by atoms with van der Waals surface area (Å²) in [7, 11) is 0. The molecule has 18 nitrogen and oxygen atoms in total. The van der Waals surface area contributed by atoms with Crippen LogP contribution in [-0.2, 0) is 25.9 Å².